The Hall–Kier alpha value is -3.41. The molecule has 0 radical (unpaired) electrons. The number of aliphatic hydroxyl groups excluding tert-OH is 1. The van der Waals surface area contributed by atoms with Crippen LogP contribution in [-0.4, -0.2) is 64.2 Å². The van der Waals surface area contributed by atoms with E-state index in [1.807, 2.05) is 6.92 Å². The fraction of sp³-hybridized carbons (Fsp3) is 0.500. The second-order valence-electron chi connectivity index (χ2n) is 9.29. The quantitative estimate of drug-likeness (QED) is 0.419. The molecule has 3 heterocycles. The molecule has 0 saturated carbocycles. The van der Waals surface area contributed by atoms with Crippen molar-refractivity contribution < 1.29 is 42.2 Å². The fourth-order valence-electron chi connectivity index (χ4n) is 4.87. The zero-order valence-electron chi connectivity index (χ0n) is 19.4. The summed E-state index contributed by atoms with van der Waals surface area (Å²) in [6.45, 7) is 1.87. The maximum absolute atomic E-state index is 13.5. The molecule has 9 nitrogen and oxygen atoms in total. The molecule has 1 aromatic rings. The van der Waals surface area contributed by atoms with Crippen LogP contribution in [0.25, 0.3) is 0 Å². The number of alkyl halides is 3. The van der Waals surface area contributed by atoms with E-state index in [9.17, 15) is 37.5 Å². The number of carbonyl (C=O) groups excluding carboxylic acids is 4. The van der Waals surface area contributed by atoms with Gasteiger partial charge in [0.05, 0.1) is 12.0 Å². The van der Waals surface area contributed by atoms with E-state index >= 15 is 0 Å². The third kappa shape index (κ3) is 5.38. The van der Waals surface area contributed by atoms with Gasteiger partial charge in [0.1, 0.15) is 18.1 Å². The van der Waals surface area contributed by atoms with Gasteiger partial charge in [-0.05, 0) is 50.8 Å². The summed E-state index contributed by atoms with van der Waals surface area (Å²) in [6.07, 6.45) is -3.02. The molecule has 3 amide bonds. The van der Waals surface area contributed by atoms with Crippen LogP contribution in [0.3, 0.4) is 0 Å². The van der Waals surface area contributed by atoms with Crippen molar-refractivity contribution in [1.29, 1.82) is 0 Å². The summed E-state index contributed by atoms with van der Waals surface area (Å²) in [5.41, 5.74) is -0.280. The number of carbonyl (C=O) groups is 4. The van der Waals surface area contributed by atoms with E-state index in [0.29, 0.717) is 19.3 Å². The molecule has 2 fully saturated rings. The molecule has 36 heavy (non-hydrogen) atoms. The molecule has 194 valence electrons. The zero-order chi connectivity index (χ0) is 26.2. The third-order valence-corrected chi connectivity index (χ3v) is 6.69. The number of nitrogens with zero attached hydrogens (tertiary/aromatic N) is 1. The van der Waals surface area contributed by atoms with Crippen LogP contribution >= 0.6 is 0 Å². The molecule has 5 unspecified atom stereocenters. The number of hydrogen-bond donors (Lipinski definition) is 3. The topological polar surface area (TPSA) is 125 Å². The minimum atomic E-state index is -4.63. The number of aliphatic hydroxyl groups is 1. The number of rotatable bonds is 4. The van der Waals surface area contributed by atoms with Crippen LogP contribution in [0.15, 0.2) is 35.9 Å². The summed E-state index contributed by atoms with van der Waals surface area (Å²) in [4.78, 5) is 52.2. The van der Waals surface area contributed by atoms with Crippen molar-refractivity contribution in [3.05, 3.63) is 47.0 Å². The molecule has 3 aliphatic rings. The van der Waals surface area contributed by atoms with Gasteiger partial charge in [-0.25, -0.2) is 0 Å². The number of nitrogens with one attached hydrogen (secondary N) is 2. The van der Waals surface area contributed by atoms with Gasteiger partial charge < -0.3 is 25.4 Å². The molecular formula is C24H26F3N3O6. The van der Waals surface area contributed by atoms with Crippen LogP contribution in [-0.2, 0) is 25.3 Å². The van der Waals surface area contributed by atoms with Crippen molar-refractivity contribution in [2.24, 2.45) is 0 Å². The SMILES string of the molecule is C/C1=C/CC(NC(=O)c2cccc(C(F)(F)F)c2)C(=O)N2C(CCC2C(=O)NC2CC(=O)OC2O)C1. The standard InChI is InChI=1S/C24H26F3N3O6/c1-12-5-7-16(28-20(32)13-3-2-4-14(10-13)24(25,26)27)22(34)30-15(9-12)6-8-18(30)21(33)29-17-11-19(31)36-23(17)35/h2-5,10,15-18,23,35H,6-9,11H2,1H3,(H,28,32)(H,29,33)/b12-5-. The number of amides is 3. The number of fused-ring (bicyclic) bond motifs is 1. The first kappa shape index (κ1) is 25.7. The van der Waals surface area contributed by atoms with E-state index < -0.39 is 59.8 Å². The van der Waals surface area contributed by atoms with Crippen molar-refractivity contribution in [2.45, 2.75) is 75.7 Å². The van der Waals surface area contributed by atoms with Crippen LogP contribution in [0.4, 0.5) is 13.2 Å². The lowest BCUT2D eigenvalue weighted by molar-refractivity contribution is -0.155. The van der Waals surface area contributed by atoms with Gasteiger partial charge in [0, 0.05) is 11.6 Å². The highest BCUT2D eigenvalue weighted by Crippen LogP contribution is 2.33. The lowest BCUT2D eigenvalue weighted by Crippen LogP contribution is -2.57. The van der Waals surface area contributed by atoms with Crippen LogP contribution in [0, 0.1) is 0 Å². The average Bonchev–Trinajstić information content (AvgIpc) is 3.36. The highest BCUT2D eigenvalue weighted by molar-refractivity contribution is 5.99. The highest BCUT2D eigenvalue weighted by Gasteiger charge is 2.45. The molecule has 5 atom stereocenters. The molecular weight excluding hydrogens is 483 g/mol. The van der Waals surface area contributed by atoms with Crippen molar-refractivity contribution in [2.75, 3.05) is 0 Å². The summed E-state index contributed by atoms with van der Waals surface area (Å²) in [7, 11) is 0. The normalized spacial score (nSPS) is 30.0. The average molecular weight is 509 g/mol. The summed E-state index contributed by atoms with van der Waals surface area (Å²) >= 11 is 0. The summed E-state index contributed by atoms with van der Waals surface area (Å²) < 4.78 is 43.9. The molecule has 0 bridgehead atoms. The second-order valence-corrected chi connectivity index (χ2v) is 9.29. The maximum Gasteiger partial charge on any atom is 0.416 e. The first-order valence-electron chi connectivity index (χ1n) is 11.6. The number of halogens is 3. The van der Waals surface area contributed by atoms with Gasteiger partial charge >= 0.3 is 12.1 Å². The van der Waals surface area contributed by atoms with Crippen molar-refractivity contribution in [1.82, 2.24) is 15.5 Å². The number of ether oxygens (including phenoxy) is 1. The Morgan fingerprint density at radius 3 is 2.56 bits per heavy atom. The van der Waals surface area contributed by atoms with Gasteiger partial charge in [-0.1, -0.05) is 17.7 Å². The van der Waals surface area contributed by atoms with Gasteiger partial charge in [0.2, 0.25) is 18.1 Å². The predicted molar refractivity (Wildman–Crippen MR) is 118 cm³/mol. The van der Waals surface area contributed by atoms with Crippen molar-refractivity contribution >= 4 is 23.7 Å². The van der Waals surface area contributed by atoms with Crippen LogP contribution in [0.2, 0.25) is 0 Å². The number of hydrogen-bond acceptors (Lipinski definition) is 6. The van der Waals surface area contributed by atoms with Gasteiger partial charge in [0.25, 0.3) is 5.91 Å². The Kier molecular flexibility index (Phi) is 7.07. The summed E-state index contributed by atoms with van der Waals surface area (Å²) in [5.74, 6) is -2.58. The molecule has 0 aromatic heterocycles. The molecule has 0 aliphatic carbocycles. The Morgan fingerprint density at radius 1 is 1.14 bits per heavy atom. The van der Waals surface area contributed by atoms with Gasteiger partial charge in [-0.3, -0.25) is 19.2 Å². The number of benzene rings is 1. The molecule has 2 saturated heterocycles. The minimum absolute atomic E-state index is 0.108. The largest absolute Gasteiger partial charge is 0.434 e. The summed E-state index contributed by atoms with van der Waals surface area (Å²) in [5, 5.41) is 14.9. The lowest BCUT2D eigenvalue weighted by Gasteiger charge is -2.35. The maximum atomic E-state index is 13.5. The molecule has 4 rings (SSSR count). The van der Waals surface area contributed by atoms with Crippen LogP contribution in [0.1, 0.15) is 54.9 Å². The van der Waals surface area contributed by atoms with E-state index in [1.54, 1.807) is 6.08 Å². The molecule has 3 aliphatic heterocycles. The monoisotopic (exact) mass is 509 g/mol. The Labute approximate surface area is 204 Å². The predicted octanol–water partition coefficient (Wildman–Crippen LogP) is 1.65. The Bertz CT molecular complexity index is 1100. The van der Waals surface area contributed by atoms with Crippen molar-refractivity contribution in [3.63, 3.8) is 0 Å². The molecule has 1 aromatic carbocycles. The van der Waals surface area contributed by atoms with E-state index in [1.165, 1.54) is 11.0 Å². The fourth-order valence-corrected chi connectivity index (χ4v) is 4.87. The molecule has 12 heteroatoms. The zero-order valence-corrected chi connectivity index (χ0v) is 19.4. The van der Waals surface area contributed by atoms with E-state index in [-0.39, 0.29) is 24.4 Å². The summed E-state index contributed by atoms with van der Waals surface area (Å²) in [6, 6.07) is 0.659. The van der Waals surface area contributed by atoms with Crippen LogP contribution in [0.5, 0.6) is 0 Å². The van der Waals surface area contributed by atoms with E-state index in [0.717, 1.165) is 23.8 Å². The molecule has 0 spiro atoms. The van der Waals surface area contributed by atoms with Crippen molar-refractivity contribution in [3.8, 4) is 0 Å². The Morgan fingerprint density at radius 2 is 1.89 bits per heavy atom. The third-order valence-electron chi connectivity index (χ3n) is 6.69. The lowest BCUT2D eigenvalue weighted by atomic mass is 9.98. The van der Waals surface area contributed by atoms with Gasteiger partial charge in [-0.2, -0.15) is 13.2 Å². The van der Waals surface area contributed by atoms with E-state index in [2.05, 4.69) is 15.4 Å². The number of cyclic esters (lactones) is 1. The van der Waals surface area contributed by atoms with E-state index in [4.69, 9.17) is 0 Å². The van der Waals surface area contributed by atoms with Gasteiger partial charge in [-0.15, -0.1) is 0 Å². The van der Waals surface area contributed by atoms with Crippen LogP contribution < -0.4 is 10.6 Å². The number of esters is 1. The highest BCUT2D eigenvalue weighted by atomic mass is 19.4. The first-order chi connectivity index (χ1) is 16.9. The first-order valence-corrected chi connectivity index (χ1v) is 11.6. The molecule has 3 N–H and O–H groups in total. The van der Waals surface area contributed by atoms with Gasteiger partial charge in [0.15, 0.2) is 0 Å². The second kappa shape index (κ2) is 9.92. The minimum Gasteiger partial charge on any atom is -0.434 e. The Balaban J connectivity index is 1.53. The smallest absolute Gasteiger partial charge is 0.416 e.